The molecule has 0 atom stereocenters. The number of fused-ring (bicyclic) bond motifs is 1. The zero-order valence-electron chi connectivity index (χ0n) is 18.5. The Labute approximate surface area is 194 Å². The summed E-state index contributed by atoms with van der Waals surface area (Å²) in [4.78, 5) is 24.9. The SMILES string of the molecule is COc1cnc(-c2nn(Cc3ccccc3F)c3c2CCC3)nc1Nc1ccncc1C(N)=O. The van der Waals surface area contributed by atoms with E-state index < -0.39 is 5.91 Å². The average molecular weight is 459 g/mol. The average Bonchev–Trinajstić information content (AvgIpc) is 3.45. The number of hydrogen-bond acceptors (Lipinski definition) is 7. The van der Waals surface area contributed by atoms with Crippen molar-refractivity contribution in [1.29, 1.82) is 0 Å². The van der Waals surface area contributed by atoms with E-state index in [2.05, 4.69) is 20.3 Å². The van der Waals surface area contributed by atoms with Crippen LogP contribution in [-0.4, -0.2) is 37.7 Å². The molecule has 1 aliphatic carbocycles. The lowest BCUT2D eigenvalue weighted by atomic mass is 10.2. The highest BCUT2D eigenvalue weighted by molar-refractivity contribution is 5.98. The predicted octanol–water partition coefficient (Wildman–Crippen LogP) is 3.26. The molecule has 0 unspecified atom stereocenters. The highest BCUT2D eigenvalue weighted by Crippen LogP contribution is 2.34. The number of carbonyl (C=O) groups is 1. The molecule has 1 aromatic carbocycles. The fourth-order valence-electron chi connectivity index (χ4n) is 4.16. The monoisotopic (exact) mass is 459 g/mol. The zero-order chi connectivity index (χ0) is 23.7. The molecule has 3 aromatic heterocycles. The molecule has 0 saturated carbocycles. The number of nitrogens with one attached hydrogen (secondary N) is 1. The highest BCUT2D eigenvalue weighted by Gasteiger charge is 2.26. The second-order valence-corrected chi connectivity index (χ2v) is 7.90. The van der Waals surface area contributed by atoms with E-state index in [-0.39, 0.29) is 11.4 Å². The van der Waals surface area contributed by atoms with E-state index in [0.717, 1.165) is 30.5 Å². The molecular weight excluding hydrogens is 437 g/mol. The molecule has 0 saturated heterocycles. The van der Waals surface area contributed by atoms with E-state index in [4.69, 9.17) is 15.6 Å². The number of methoxy groups -OCH3 is 1. The van der Waals surface area contributed by atoms with Crippen LogP contribution < -0.4 is 15.8 Å². The first-order chi connectivity index (χ1) is 16.5. The molecule has 10 heteroatoms. The molecular formula is C24H22FN7O2. The Morgan fingerprint density at radius 2 is 2.09 bits per heavy atom. The molecule has 3 heterocycles. The molecule has 3 N–H and O–H groups in total. The Hall–Kier alpha value is -4.34. The van der Waals surface area contributed by atoms with Gasteiger partial charge < -0.3 is 15.8 Å². The van der Waals surface area contributed by atoms with Gasteiger partial charge in [0, 0.05) is 29.2 Å². The second-order valence-electron chi connectivity index (χ2n) is 7.90. The fraction of sp³-hybridized carbons (Fsp3) is 0.208. The second kappa shape index (κ2) is 8.89. The molecule has 1 aliphatic rings. The summed E-state index contributed by atoms with van der Waals surface area (Å²) in [6.45, 7) is 0.329. The number of anilines is 2. The number of rotatable bonds is 7. The van der Waals surface area contributed by atoms with Gasteiger partial charge in [-0.05, 0) is 31.4 Å². The number of ether oxygens (including phenoxy) is 1. The van der Waals surface area contributed by atoms with Gasteiger partial charge in [0.05, 0.1) is 31.1 Å². The summed E-state index contributed by atoms with van der Waals surface area (Å²) >= 11 is 0. The van der Waals surface area contributed by atoms with E-state index in [0.29, 0.717) is 40.9 Å². The van der Waals surface area contributed by atoms with Crippen molar-refractivity contribution in [1.82, 2.24) is 24.7 Å². The quantitative estimate of drug-likeness (QED) is 0.435. The third-order valence-electron chi connectivity index (χ3n) is 5.81. The van der Waals surface area contributed by atoms with E-state index >= 15 is 0 Å². The predicted molar refractivity (Wildman–Crippen MR) is 123 cm³/mol. The lowest BCUT2D eigenvalue weighted by molar-refractivity contribution is 0.100. The first-order valence-corrected chi connectivity index (χ1v) is 10.8. The number of carbonyl (C=O) groups excluding carboxylic acids is 1. The number of hydrogen-bond donors (Lipinski definition) is 2. The molecule has 172 valence electrons. The minimum absolute atomic E-state index is 0.222. The standard InChI is InChI=1S/C24H22FN7O2/c1-34-20-12-28-24(30-23(20)29-18-9-10-27-11-16(18)22(26)33)21-15-6-4-8-19(15)32(31-21)13-14-5-2-3-7-17(14)25/h2-3,5,7,9-12H,4,6,8,13H2,1H3,(H2,26,33)(H,27,28,29,30). The summed E-state index contributed by atoms with van der Waals surface area (Å²) in [5.41, 5.74) is 9.50. The lowest BCUT2D eigenvalue weighted by Crippen LogP contribution is -2.14. The fourth-order valence-corrected chi connectivity index (χ4v) is 4.16. The number of aromatic nitrogens is 5. The minimum atomic E-state index is -0.617. The van der Waals surface area contributed by atoms with Gasteiger partial charge in [-0.2, -0.15) is 5.10 Å². The van der Waals surface area contributed by atoms with E-state index in [1.807, 2.05) is 10.7 Å². The summed E-state index contributed by atoms with van der Waals surface area (Å²) < 4.78 is 21.5. The van der Waals surface area contributed by atoms with Crippen LogP contribution in [0.5, 0.6) is 5.75 Å². The van der Waals surface area contributed by atoms with Crippen molar-refractivity contribution >= 4 is 17.4 Å². The van der Waals surface area contributed by atoms with Crippen molar-refractivity contribution in [3.63, 3.8) is 0 Å². The van der Waals surface area contributed by atoms with Crippen LogP contribution in [0.25, 0.3) is 11.5 Å². The summed E-state index contributed by atoms with van der Waals surface area (Å²) in [6, 6.07) is 8.32. The van der Waals surface area contributed by atoms with Crippen LogP contribution in [0.2, 0.25) is 0 Å². The van der Waals surface area contributed by atoms with Crippen molar-refractivity contribution in [2.45, 2.75) is 25.8 Å². The Morgan fingerprint density at radius 3 is 2.88 bits per heavy atom. The Balaban J connectivity index is 1.54. The molecule has 9 nitrogen and oxygen atoms in total. The van der Waals surface area contributed by atoms with E-state index in [1.54, 1.807) is 30.6 Å². The third-order valence-corrected chi connectivity index (χ3v) is 5.81. The van der Waals surface area contributed by atoms with Crippen molar-refractivity contribution < 1.29 is 13.9 Å². The van der Waals surface area contributed by atoms with Crippen LogP contribution in [0.4, 0.5) is 15.9 Å². The van der Waals surface area contributed by atoms with E-state index in [9.17, 15) is 9.18 Å². The molecule has 5 rings (SSSR count). The van der Waals surface area contributed by atoms with Crippen LogP contribution in [-0.2, 0) is 19.4 Å². The van der Waals surface area contributed by atoms with Gasteiger partial charge in [-0.3, -0.25) is 14.5 Å². The molecule has 0 spiro atoms. The zero-order valence-corrected chi connectivity index (χ0v) is 18.5. The Kier molecular flexibility index (Phi) is 5.62. The van der Waals surface area contributed by atoms with Crippen molar-refractivity contribution in [2.24, 2.45) is 5.73 Å². The summed E-state index contributed by atoms with van der Waals surface area (Å²) in [6.07, 6.45) is 7.16. The third kappa shape index (κ3) is 3.94. The molecule has 0 radical (unpaired) electrons. The van der Waals surface area contributed by atoms with Crippen LogP contribution in [0, 0.1) is 5.82 Å². The van der Waals surface area contributed by atoms with Gasteiger partial charge in [-0.25, -0.2) is 14.4 Å². The lowest BCUT2D eigenvalue weighted by Gasteiger charge is -2.12. The summed E-state index contributed by atoms with van der Waals surface area (Å²) in [5.74, 6) is 0.271. The maximum absolute atomic E-state index is 14.3. The van der Waals surface area contributed by atoms with Crippen LogP contribution >= 0.6 is 0 Å². The largest absolute Gasteiger partial charge is 0.491 e. The van der Waals surface area contributed by atoms with Gasteiger partial charge in [0.1, 0.15) is 11.5 Å². The van der Waals surface area contributed by atoms with Gasteiger partial charge in [0.15, 0.2) is 17.4 Å². The number of amides is 1. The van der Waals surface area contributed by atoms with E-state index in [1.165, 1.54) is 19.4 Å². The number of halogens is 1. The molecule has 34 heavy (non-hydrogen) atoms. The molecule has 0 bridgehead atoms. The maximum Gasteiger partial charge on any atom is 0.252 e. The van der Waals surface area contributed by atoms with Crippen molar-refractivity contribution in [2.75, 3.05) is 12.4 Å². The van der Waals surface area contributed by atoms with Crippen LogP contribution in [0.1, 0.15) is 33.6 Å². The topological polar surface area (TPSA) is 121 Å². The number of nitrogens with zero attached hydrogens (tertiary/aromatic N) is 5. The summed E-state index contributed by atoms with van der Waals surface area (Å²) in [5, 5.41) is 7.86. The minimum Gasteiger partial charge on any atom is -0.491 e. The molecule has 0 aliphatic heterocycles. The van der Waals surface area contributed by atoms with Gasteiger partial charge >= 0.3 is 0 Å². The smallest absolute Gasteiger partial charge is 0.252 e. The van der Waals surface area contributed by atoms with Gasteiger partial charge in [-0.15, -0.1) is 0 Å². The highest BCUT2D eigenvalue weighted by atomic mass is 19.1. The Bertz CT molecular complexity index is 1390. The van der Waals surface area contributed by atoms with Gasteiger partial charge in [0.2, 0.25) is 0 Å². The Morgan fingerprint density at radius 1 is 1.24 bits per heavy atom. The normalized spacial score (nSPS) is 12.4. The number of nitrogens with two attached hydrogens (primary N) is 1. The van der Waals surface area contributed by atoms with Gasteiger partial charge in [0.25, 0.3) is 5.91 Å². The molecule has 0 fully saturated rings. The maximum atomic E-state index is 14.3. The number of primary amides is 1. The van der Waals surface area contributed by atoms with Crippen LogP contribution in [0.3, 0.4) is 0 Å². The van der Waals surface area contributed by atoms with Crippen LogP contribution in [0.15, 0.2) is 48.9 Å². The first-order valence-electron chi connectivity index (χ1n) is 10.8. The molecule has 1 amide bonds. The summed E-state index contributed by atoms with van der Waals surface area (Å²) in [7, 11) is 1.51. The van der Waals surface area contributed by atoms with Gasteiger partial charge in [-0.1, -0.05) is 18.2 Å². The first kappa shape index (κ1) is 21.5. The molecule has 4 aromatic rings. The van der Waals surface area contributed by atoms with Crippen molar-refractivity contribution in [3.8, 4) is 17.3 Å². The number of pyridine rings is 1. The van der Waals surface area contributed by atoms with Crippen molar-refractivity contribution in [3.05, 3.63) is 77.1 Å². The number of benzene rings is 1.